The van der Waals surface area contributed by atoms with Gasteiger partial charge in [0.25, 0.3) is 0 Å². The number of hydrogen-bond acceptors (Lipinski definition) is 8. The van der Waals surface area contributed by atoms with Crippen LogP contribution in [0.1, 0.15) is 53.4 Å². The molecule has 0 aromatic heterocycles. The first kappa shape index (κ1) is 21.9. The van der Waals surface area contributed by atoms with Gasteiger partial charge in [-0.15, -0.1) is 0 Å². The molecule has 0 aliphatic rings. The number of carbonyl (C=O) groups is 4. The maximum absolute atomic E-state index is 12.1. The maximum Gasteiger partial charge on any atom is 0.352 e. The fraction of sp³-hybridized carbons (Fsp3) is 0.750. The average Bonchev–Trinajstić information content (AvgIpc) is 2.50. The molecule has 0 rings (SSSR count). The highest BCUT2D eigenvalue weighted by Crippen LogP contribution is 2.12. The third kappa shape index (κ3) is 9.12. The van der Waals surface area contributed by atoms with Gasteiger partial charge >= 0.3 is 23.9 Å². The highest BCUT2D eigenvalue weighted by Gasteiger charge is 2.41. The molecule has 0 spiro atoms. The number of ether oxygens (including phenoxy) is 4. The van der Waals surface area contributed by atoms with Gasteiger partial charge < -0.3 is 18.9 Å². The summed E-state index contributed by atoms with van der Waals surface area (Å²) in [4.78, 5) is 46.7. The van der Waals surface area contributed by atoms with Gasteiger partial charge in [-0.05, 0) is 12.8 Å². The van der Waals surface area contributed by atoms with E-state index in [4.69, 9.17) is 18.9 Å². The first-order valence-electron chi connectivity index (χ1n) is 8.01. The van der Waals surface area contributed by atoms with Gasteiger partial charge in [-0.1, -0.05) is 26.7 Å². The van der Waals surface area contributed by atoms with Crippen molar-refractivity contribution < 1.29 is 38.1 Å². The highest BCUT2D eigenvalue weighted by atomic mass is 16.6. The Hall–Kier alpha value is -2.12. The minimum absolute atomic E-state index is 0.102. The summed E-state index contributed by atoms with van der Waals surface area (Å²) in [7, 11) is 0. The van der Waals surface area contributed by atoms with Crippen molar-refractivity contribution in [2.75, 3.05) is 13.2 Å². The van der Waals surface area contributed by atoms with E-state index in [1.807, 2.05) is 13.8 Å². The Morgan fingerprint density at radius 2 is 1.04 bits per heavy atom. The van der Waals surface area contributed by atoms with Crippen LogP contribution in [0.25, 0.3) is 0 Å². The van der Waals surface area contributed by atoms with Crippen LogP contribution in [0, 0.1) is 0 Å². The van der Waals surface area contributed by atoms with Crippen LogP contribution in [0.3, 0.4) is 0 Å². The van der Waals surface area contributed by atoms with E-state index in [1.165, 1.54) is 0 Å². The van der Waals surface area contributed by atoms with Crippen molar-refractivity contribution in [1.29, 1.82) is 0 Å². The van der Waals surface area contributed by atoms with Crippen LogP contribution in [-0.4, -0.2) is 49.3 Å². The van der Waals surface area contributed by atoms with Crippen molar-refractivity contribution >= 4 is 23.9 Å². The molecule has 0 fully saturated rings. The Balaban J connectivity index is 5.16. The van der Waals surface area contributed by atoms with Gasteiger partial charge in [0, 0.05) is 13.8 Å². The van der Waals surface area contributed by atoms with Crippen molar-refractivity contribution in [1.82, 2.24) is 0 Å². The molecule has 2 unspecified atom stereocenters. The lowest BCUT2D eigenvalue weighted by Gasteiger charge is -2.23. The minimum atomic E-state index is -1.70. The zero-order valence-corrected chi connectivity index (χ0v) is 14.7. The molecule has 0 radical (unpaired) electrons. The second kappa shape index (κ2) is 12.3. The molecule has 0 aliphatic carbocycles. The summed E-state index contributed by atoms with van der Waals surface area (Å²) in [5.74, 6) is -3.55. The van der Waals surface area contributed by atoms with E-state index in [2.05, 4.69) is 0 Å². The SMILES string of the molecule is CCCCOC(=O)C(OC(C)=O)C(OC(C)=O)C(=O)OCCCC. The number of rotatable bonds is 11. The zero-order chi connectivity index (χ0) is 18.5. The lowest BCUT2D eigenvalue weighted by atomic mass is 10.2. The van der Waals surface area contributed by atoms with Crippen LogP contribution in [0.2, 0.25) is 0 Å². The molecule has 0 aromatic carbocycles. The summed E-state index contributed by atoms with van der Waals surface area (Å²) in [5, 5.41) is 0. The fourth-order valence-corrected chi connectivity index (χ4v) is 1.62. The summed E-state index contributed by atoms with van der Waals surface area (Å²) in [6.07, 6.45) is -0.597. The first-order chi connectivity index (χ1) is 11.3. The van der Waals surface area contributed by atoms with Crippen LogP contribution >= 0.6 is 0 Å². The average molecular weight is 346 g/mol. The first-order valence-corrected chi connectivity index (χ1v) is 8.01. The van der Waals surface area contributed by atoms with E-state index in [1.54, 1.807) is 0 Å². The largest absolute Gasteiger partial charge is 0.463 e. The molecule has 24 heavy (non-hydrogen) atoms. The van der Waals surface area contributed by atoms with E-state index in [-0.39, 0.29) is 13.2 Å². The number of esters is 4. The van der Waals surface area contributed by atoms with E-state index in [0.29, 0.717) is 12.8 Å². The quantitative estimate of drug-likeness (QED) is 0.315. The highest BCUT2D eigenvalue weighted by molar-refractivity contribution is 5.89. The van der Waals surface area contributed by atoms with Crippen LogP contribution < -0.4 is 0 Å². The molecule has 0 saturated heterocycles. The Morgan fingerprint density at radius 1 is 0.708 bits per heavy atom. The molecule has 0 aromatic rings. The number of unbranched alkanes of at least 4 members (excludes halogenated alkanes) is 2. The molecule has 8 heteroatoms. The van der Waals surface area contributed by atoms with Crippen molar-refractivity contribution in [2.24, 2.45) is 0 Å². The minimum Gasteiger partial charge on any atom is -0.463 e. The summed E-state index contributed by atoms with van der Waals surface area (Å²) in [5.41, 5.74) is 0. The van der Waals surface area contributed by atoms with E-state index >= 15 is 0 Å². The summed E-state index contributed by atoms with van der Waals surface area (Å²) < 4.78 is 19.6. The normalized spacial score (nSPS) is 12.7. The van der Waals surface area contributed by atoms with Gasteiger partial charge in [0.15, 0.2) is 0 Å². The van der Waals surface area contributed by atoms with Crippen molar-refractivity contribution in [3.63, 3.8) is 0 Å². The lowest BCUT2D eigenvalue weighted by molar-refractivity contribution is -0.190. The van der Waals surface area contributed by atoms with Gasteiger partial charge in [0.2, 0.25) is 12.2 Å². The molecular weight excluding hydrogens is 320 g/mol. The fourth-order valence-electron chi connectivity index (χ4n) is 1.62. The van der Waals surface area contributed by atoms with Crippen LogP contribution in [-0.2, 0) is 38.1 Å². The molecule has 8 nitrogen and oxygen atoms in total. The molecule has 0 aliphatic heterocycles. The predicted octanol–water partition coefficient (Wildman–Crippen LogP) is 1.54. The van der Waals surface area contributed by atoms with Crippen LogP contribution in [0.4, 0.5) is 0 Å². The van der Waals surface area contributed by atoms with Crippen molar-refractivity contribution in [2.45, 2.75) is 65.6 Å². The Kier molecular flexibility index (Phi) is 11.2. The van der Waals surface area contributed by atoms with Gasteiger partial charge in [0.1, 0.15) is 0 Å². The van der Waals surface area contributed by atoms with Crippen molar-refractivity contribution in [3.05, 3.63) is 0 Å². The van der Waals surface area contributed by atoms with Crippen molar-refractivity contribution in [3.8, 4) is 0 Å². The lowest BCUT2D eigenvalue weighted by Crippen LogP contribution is -2.47. The van der Waals surface area contributed by atoms with Gasteiger partial charge in [-0.3, -0.25) is 9.59 Å². The van der Waals surface area contributed by atoms with Crippen LogP contribution in [0.5, 0.6) is 0 Å². The van der Waals surface area contributed by atoms with E-state index in [0.717, 1.165) is 26.7 Å². The summed E-state index contributed by atoms with van der Waals surface area (Å²) in [6.45, 7) is 6.16. The summed E-state index contributed by atoms with van der Waals surface area (Å²) in [6, 6.07) is 0. The topological polar surface area (TPSA) is 105 Å². The molecular formula is C16H26O8. The zero-order valence-electron chi connectivity index (χ0n) is 14.7. The molecule has 0 N–H and O–H groups in total. The second-order valence-corrected chi connectivity index (χ2v) is 5.10. The smallest absolute Gasteiger partial charge is 0.352 e. The maximum atomic E-state index is 12.1. The third-order valence-electron chi connectivity index (χ3n) is 2.81. The molecule has 0 amide bonds. The van der Waals surface area contributed by atoms with E-state index in [9.17, 15) is 19.2 Å². The molecule has 138 valence electrons. The van der Waals surface area contributed by atoms with E-state index < -0.39 is 36.1 Å². The molecule has 2 atom stereocenters. The Labute approximate surface area is 141 Å². The Bertz CT molecular complexity index is 392. The predicted molar refractivity (Wildman–Crippen MR) is 82.8 cm³/mol. The molecule has 0 saturated carbocycles. The Morgan fingerprint density at radius 3 is 1.29 bits per heavy atom. The second-order valence-electron chi connectivity index (χ2n) is 5.10. The van der Waals surface area contributed by atoms with Crippen LogP contribution in [0.15, 0.2) is 0 Å². The molecule has 0 bridgehead atoms. The monoisotopic (exact) mass is 346 g/mol. The standard InChI is InChI=1S/C16H26O8/c1-5-7-9-21-15(19)13(23-11(3)17)14(24-12(4)18)16(20)22-10-8-6-2/h13-14H,5-10H2,1-4H3. The third-order valence-corrected chi connectivity index (χ3v) is 2.81. The van der Waals surface area contributed by atoms with Gasteiger partial charge in [-0.25, -0.2) is 9.59 Å². The van der Waals surface area contributed by atoms with Gasteiger partial charge in [0.05, 0.1) is 13.2 Å². The van der Waals surface area contributed by atoms with Gasteiger partial charge in [-0.2, -0.15) is 0 Å². The number of carbonyl (C=O) groups excluding carboxylic acids is 4. The molecule has 0 heterocycles. The number of hydrogen-bond donors (Lipinski definition) is 0. The summed E-state index contributed by atoms with van der Waals surface area (Å²) >= 11 is 0.